The lowest BCUT2D eigenvalue weighted by Gasteiger charge is -2.31. The molecule has 3 rings (SSSR count). The molecule has 1 N–H and O–H groups in total. The summed E-state index contributed by atoms with van der Waals surface area (Å²) in [6.45, 7) is 0. The van der Waals surface area contributed by atoms with Gasteiger partial charge in [-0.25, -0.2) is 5.06 Å². The second kappa shape index (κ2) is 3.38. The summed E-state index contributed by atoms with van der Waals surface area (Å²) >= 11 is 0. The molecule has 2 fully saturated rings. The van der Waals surface area contributed by atoms with Crippen molar-refractivity contribution < 1.29 is 10.0 Å². The van der Waals surface area contributed by atoms with Crippen LogP contribution < -0.4 is 0 Å². The van der Waals surface area contributed by atoms with Crippen molar-refractivity contribution in [2.24, 2.45) is 10.6 Å². The summed E-state index contributed by atoms with van der Waals surface area (Å²) in [5, 5.41) is 14.1. The first-order chi connectivity index (χ1) is 8.17. The van der Waals surface area contributed by atoms with Crippen LogP contribution >= 0.6 is 0 Å². The molecule has 0 aromatic carbocycles. The van der Waals surface area contributed by atoms with E-state index in [4.69, 9.17) is 0 Å². The Bertz CT molecular complexity index is 401. The van der Waals surface area contributed by atoms with Crippen molar-refractivity contribution in [1.29, 1.82) is 0 Å². The topological polar surface area (TPSA) is 70.0 Å². The third kappa shape index (κ3) is 1.10. The van der Waals surface area contributed by atoms with Gasteiger partial charge >= 0.3 is 0 Å². The molecule has 1 saturated carbocycles. The zero-order valence-corrected chi connectivity index (χ0v) is 9.63. The van der Waals surface area contributed by atoms with Crippen molar-refractivity contribution in [2.75, 3.05) is 0 Å². The molecule has 17 heavy (non-hydrogen) atoms. The van der Waals surface area contributed by atoms with Crippen molar-refractivity contribution in [3.8, 4) is 0 Å². The van der Waals surface area contributed by atoms with E-state index in [1.807, 2.05) is 6.08 Å². The molecule has 0 bridgehead atoms. The summed E-state index contributed by atoms with van der Waals surface area (Å²) < 4.78 is 0. The lowest BCUT2D eigenvalue weighted by Crippen LogP contribution is -2.46. The first kappa shape index (κ1) is 10.9. The van der Waals surface area contributed by atoms with Gasteiger partial charge in [-0.1, -0.05) is 30.2 Å². The molecule has 1 aliphatic heterocycles. The minimum absolute atomic E-state index is 0.300. The average Bonchev–Trinajstić information content (AvgIpc) is 3.01. The summed E-state index contributed by atoms with van der Waals surface area (Å²) in [4.78, 5) is 23.5. The fraction of sp³-hybridized carbons (Fsp3) is 0.750. The van der Waals surface area contributed by atoms with E-state index in [0.29, 0.717) is 19.3 Å². The molecule has 0 radical (unpaired) electrons. The van der Waals surface area contributed by atoms with E-state index < -0.39 is 17.0 Å². The van der Waals surface area contributed by atoms with E-state index in [-0.39, 0.29) is 5.91 Å². The molecule has 0 aromatic heterocycles. The standard InChI is InChI=1S/C12H16N2O3/c15-10-11(5-1-2-6-11)9(13-16)12(14(10)17)7-3-4-8-12/h3,7,9,17H,1-2,4-6,8H2/t9-,12+/m1/s1. The Morgan fingerprint density at radius 3 is 2.59 bits per heavy atom. The summed E-state index contributed by atoms with van der Waals surface area (Å²) in [7, 11) is 0. The number of nitroso groups, excluding NO2 is 1. The highest BCUT2D eigenvalue weighted by Gasteiger charge is 2.68. The number of amides is 1. The van der Waals surface area contributed by atoms with Gasteiger partial charge in [0.15, 0.2) is 0 Å². The number of rotatable bonds is 1. The van der Waals surface area contributed by atoms with Crippen LogP contribution in [0.25, 0.3) is 0 Å². The Labute approximate surface area is 99.4 Å². The Morgan fingerprint density at radius 2 is 2.06 bits per heavy atom. The number of nitrogens with zero attached hydrogens (tertiary/aromatic N) is 2. The summed E-state index contributed by atoms with van der Waals surface area (Å²) in [6, 6.07) is -0.631. The zero-order valence-electron chi connectivity index (χ0n) is 9.63. The lowest BCUT2D eigenvalue weighted by atomic mass is 9.74. The van der Waals surface area contributed by atoms with Gasteiger partial charge in [0.05, 0.1) is 5.41 Å². The third-order valence-electron chi connectivity index (χ3n) is 4.73. The molecule has 1 saturated heterocycles. The maximum atomic E-state index is 12.3. The molecule has 1 amide bonds. The molecule has 3 aliphatic rings. The van der Waals surface area contributed by atoms with Crippen LogP contribution in [-0.4, -0.2) is 27.8 Å². The molecule has 0 unspecified atom stereocenters. The highest BCUT2D eigenvalue weighted by Crippen LogP contribution is 2.56. The minimum Gasteiger partial charge on any atom is -0.285 e. The average molecular weight is 236 g/mol. The monoisotopic (exact) mass is 236 g/mol. The molecule has 92 valence electrons. The van der Waals surface area contributed by atoms with E-state index >= 15 is 0 Å². The van der Waals surface area contributed by atoms with E-state index in [1.165, 1.54) is 0 Å². The van der Waals surface area contributed by atoms with Crippen LogP contribution in [0, 0.1) is 10.3 Å². The predicted octanol–water partition coefficient (Wildman–Crippen LogP) is 2.00. The van der Waals surface area contributed by atoms with Crippen LogP contribution in [0.2, 0.25) is 0 Å². The number of allylic oxidation sites excluding steroid dienone is 1. The van der Waals surface area contributed by atoms with Gasteiger partial charge in [-0.05, 0) is 25.7 Å². The molecule has 1 heterocycles. The van der Waals surface area contributed by atoms with Crippen molar-refractivity contribution >= 4 is 5.91 Å². The van der Waals surface area contributed by atoms with Gasteiger partial charge in [0.2, 0.25) is 0 Å². The SMILES string of the molecule is O=N[C@@H]1C2(CCCC2)C(=O)N(O)[C@]12C=CCC2. The van der Waals surface area contributed by atoms with Gasteiger partial charge in [-0.3, -0.25) is 10.0 Å². The largest absolute Gasteiger partial charge is 0.285 e. The van der Waals surface area contributed by atoms with Gasteiger partial charge in [-0.2, -0.15) is 4.91 Å². The normalized spacial score (nSPS) is 38.8. The maximum Gasteiger partial charge on any atom is 0.255 e. The molecule has 2 spiro atoms. The molecule has 2 aliphatic carbocycles. The number of carbonyl (C=O) groups is 1. The molecular formula is C12H16N2O3. The highest BCUT2D eigenvalue weighted by molar-refractivity contribution is 5.87. The smallest absolute Gasteiger partial charge is 0.255 e. The second-order valence-electron chi connectivity index (χ2n) is 5.42. The van der Waals surface area contributed by atoms with Crippen molar-refractivity contribution in [3.05, 3.63) is 17.1 Å². The Hall–Kier alpha value is -1.23. The van der Waals surface area contributed by atoms with E-state index in [2.05, 4.69) is 5.18 Å². The van der Waals surface area contributed by atoms with Gasteiger partial charge in [-0.15, -0.1) is 0 Å². The lowest BCUT2D eigenvalue weighted by molar-refractivity contribution is -0.178. The molecule has 2 atom stereocenters. The van der Waals surface area contributed by atoms with E-state index in [0.717, 1.165) is 24.3 Å². The zero-order chi connectivity index (χ0) is 12.1. The first-order valence-corrected chi connectivity index (χ1v) is 6.21. The Morgan fingerprint density at radius 1 is 1.35 bits per heavy atom. The Balaban J connectivity index is 2.11. The van der Waals surface area contributed by atoms with Crippen molar-refractivity contribution in [2.45, 2.75) is 50.1 Å². The highest BCUT2D eigenvalue weighted by atomic mass is 16.5. The molecular weight excluding hydrogens is 220 g/mol. The van der Waals surface area contributed by atoms with Crippen LogP contribution in [0.1, 0.15) is 38.5 Å². The van der Waals surface area contributed by atoms with Gasteiger partial charge in [0, 0.05) is 0 Å². The fourth-order valence-corrected chi connectivity index (χ4v) is 3.89. The number of hydrogen-bond donors (Lipinski definition) is 1. The third-order valence-corrected chi connectivity index (χ3v) is 4.73. The van der Waals surface area contributed by atoms with Crippen LogP contribution in [0.15, 0.2) is 17.3 Å². The summed E-state index contributed by atoms with van der Waals surface area (Å²) in [5.41, 5.74) is -1.59. The van der Waals surface area contributed by atoms with E-state index in [1.54, 1.807) is 6.08 Å². The first-order valence-electron chi connectivity index (χ1n) is 6.21. The molecule has 0 aromatic rings. The van der Waals surface area contributed by atoms with Crippen LogP contribution in [0.3, 0.4) is 0 Å². The quantitative estimate of drug-likeness (QED) is 0.430. The van der Waals surface area contributed by atoms with Crippen LogP contribution in [0.5, 0.6) is 0 Å². The number of hydrogen-bond acceptors (Lipinski definition) is 4. The second-order valence-corrected chi connectivity index (χ2v) is 5.42. The van der Waals surface area contributed by atoms with Crippen LogP contribution in [-0.2, 0) is 4.79 Å². The summed E-state index contributed by atoms with van der Waals surface area (Å²) in [5.74, 6) is -0.300. The maximum absolute atomic E-state index is 12.3. The van der Waals surface area contributed by atoms with Gasteiger partial charge in [0.1, 0.15) is 11.6 Å². The predicted molar refractivity (Wildman–Crippen MR) is 60.2 cm³/mol. The van der Waals surface area contributed by atoms with Gasteiger partial charge in [0.25, 0.3) is 5.91 Å². The van der Waals surface area contributed by atoms with Gasteiger partial charge < -0.3 is 0 Å². The van der Waals surface area contributed by atoms with Crippen LogP contribution in [0.4, 0.5) is 0 Å². The Kier molecular flexibility index (Phi) is 2.17. The van der Waals surface area contributed by atoms with Crippen molar-refractivity contribution in [3.63, 3.8) is 0 Å². The fourth-order valence-electron chi connectivity index (χ4n) is 3.89. The number of hydroxylamine groups is 2. The summed E-state index contributed by atoms with van der Waals surface area (Å²) in [6.07, 6.45) is 8.33. The van der Waals surface area contributed by atoms with Crippen molar-refractivity contribution in [1.82, 2.24) is 5.06 Å². The molecule has 5 nitrogen and oxygen atoms in total. The van der Waals surface area contributed by atoms with E-state index in [9.17, 15) is 14.9 Å². The molecule has 5 heteroatoms. The minimum atomic E-state index is -0.858. The number of carbonyl (C=O) groups excluding carboxylic acids is 1.